The van der Waals surface area contributed by atoms with E-state index in [4.69, 9.17) is 10.1 Å². The molecule has 0 atom stereocenters. The highest BCUT2D eigenvalue weighted by Gasteiger charge is 2.46. The summed E-state index contributed by atoms with van der Waals surface area (Å²) in [5, 5.41) is 35.0. The van der Waals surface area contributed by atoms with Gasteiger partial charge in [-0.15, -0.1) is 5.10 Å². The van der Waals surface area contributed by atoms with Crippen LogP contribution >= 0.6 is 0 Å². The average molecular weight is 447 g/mol. The topological polar surface area (TPSA) is 125 Å². The van der Waals surface area contributed by atoms with E-state index in [9.17, 15) is 5.26 Å². The first-order valence-corrected chi connectivity index (χ1v) is 11.1. The van der Waals surface area contributed by atoms with Gasteiger partial charge in [-0.25, -0.2) is 4.52 Å². The lowest BCUT2D eigenvalue weighted by Crippen LogP contribution is -2.63. The summed E-state index contributed by atoms with van der Waals surface area (Å²) in [7, 11) is 0. The van der Waals surface area contributed by atoms with E-state index in [0.717, 1.165) is 23.4 Å². The van der Waals surface area contributed by atoms with Gasteiger partial charge in [0.15, 0.2) is 5.65 Å². The van der Waals surface area contributed by atoms with E-state index in [1.54, 1.807) is 15.4 Å². The van der Waals surface area contributed by atoms with Crippen molar-refractivity contribution in [3.63, 3.8) is 0 Å². The molecular formula is C22H26N10O. The second-order valence-corrected chi connectivity index (χ2v) is 8.35. The van der Waals surface area contributed by atoms with Gasteiger partial charge in [-0.3, -0.25) is 9.36 Å². The van der Waals surface area contributed by atoms with Gasteiger partial charge < -0.3 is 15.3 Å². The minimum absolute atomic E-state index is 0.131. The number of aliphatic hydroxyl groups excluding tert-OH is 1. The summed E-state index contributed by atoms with van der Waals surface area (Å²) >= 11 is 0. The molecular weight excluding hydrogens is 420 g/mol. The number of fused-ring (bicyclic) bond motifs is 1. The summed E-state index contributed by atoms with van der Waals surface area (Å²) in [6.45, 7) is 4.24. The quantitative estimate of drug-likeness (QED) is 0.400. The van der Waals surface area contributed by atoms with Crippen LogP contribution in [0.5, 0.6) is 0 Å². The van der Waals surface area contributed by atoms with E-state index in [1.807, 2.05) is 35.4 Å². The first kappa shape index (κ1) is 21.0. The first-order chi connectivity index (χ1) is 16.1. The summed E-state index contributed by atoms with van der Waals surface area (Å²) in [4.78, 5) is 6.91. The van der Waals surface area contributed by atoms with Crippen molar-refractivity contribution in [3.05, 3.63) is 48.7 Å². The molecule has 5 heterocycles. The number of anilines is 3. The second kappa shape index (κ2) is 8.55. The molecule has 5 rings (SSSR count). The molecule has 2 N–H and O–H groups in total. The predicted molar refractivity (Wildman–Crippen MR) is 122 cm³/mol. The fraction of sp³-hybridized carbons (Fsp3) is 0.409. The fourth-order valence-electron chi connectivity index (χ4n) is 4.23. The molecule has 0 aromatic carbocycles. The summed E-state index contributed by atoms with van der Waals surface area (Å²) in [6.07, 6.45) is 11.3. The van der Waals surface area contributed by atoms with E-state index >= 15 is 0 Å². The summed E-state index contributed by atoms with van der Waals surface area (Å²) < 4.78 is 5.48. The number of nitriles is 1. The van der Waals surface area contributed by atoms with Crippen LogP contribution in [0.15, 0.2) is 43.1 Å². The first-order valence-electron chi connectivity index (χ1n) is 11.1. The number of hydrogen-bond donors (Lipinski definition) is 2. The van der Waals surface area contributed by atoms with Crippen LogP contribution in [0.25, 0.3) is 5.65 Å². The van der Waals surface area contributed by atoms with E-state index in [2.05, 4.69) is 44.7 Å². The van der Waals surface area contributed by atoms with Crippen molar-refractivity contribution in [1.82, 2.24) is 34.2 Å². The zero-order valence-corrected chi connectivity index (χ0v) is 18.5. The van der Waals surface area contributed by atoms with Gasteiger partial charge in [-0.05, 0) is 30.5 Å². The Balaban J connectivity index is 1.36. The molecule has 11 nitrogen and oxygen atoms in total. The number of aryl methyl sites for hydroxylation is 2. The van der Waals surface area contributed by atoms with Crippen LogP contribution in [0.4, 0.5) is 17.3 Å². The highest BCUT2D eigenvalue weighted by atomic mass is 16.3. The molecule has 0 radical (unpaired) electrons. The van der Waals surface area contributed by atoms with Crippen LogP contribution in [0.1, 0.15) is 25.3 Å². The lowest BCUT2D eigenvalue weighted by atomic mass is 9.86. The molecule has 0 unspecified atom stereocenters. The third-order valence-corrected chi connectivity index (χ3v) is 6.03. The highest BCUT2D eigenvalue weighted by Crippen LogP contribution is 2.37. The smallest absolute Gasteiger partial charge is 0.247 e. The lowest BCUT2D eigenvalue weighted by molar-refractivity contribution is 0.198. The standard InChI is InChI=1S/C22H26N10O/c1-2-17-11-25-32(13-17)22(6-7-23)15-29(16-22)19-5-3-9-31-20(19)27-21(28-31)26-18-12-24-30(14-18)8-4-10-33/h3,5,9,11-14,33H,2,4,6,8,10,15-16H2,1H3,(H,26,28). The van der Waals surface area contributed by atoms with Gasteiger partial charge in [0.05, 0.1) is 36.3 Å². The van der Waals surface area contributed by atoms with Gasteiger partial charge in [-0.1, -0.05) is 6.92 Å². The third-order valence-electron chi connectivity index (χ3n) is 6.03. The number of hydrogen-bond acceptors (Lipinski definition) is 8. The Morgan fingerprint density at radius 2 is 2.12 bits per heavy atom. The average Bonchev–Trinajstić information content (AvgIpc) is 3.54. The number of aliphatic hydroxyl groups is 1. The number of nitrogens with zero attached hydrogens (tertiary/aromatic N) is 9. The van der Waals surface area contributed by atoms with Crippen LogP contribution in [-0.4, -0.2) is 59.0 Å². The monoisotopic (exact) mass is 446 g/mol. The molecule has 0 saturated carbocycles. The van der Waals surface area contributed by atoms with Gasteiger partial charge >= 0.3 is 0 Å². The van der Waals surface area contributed by atoms with Crippen LogP contribution in [0.2, 0.25) is 0 Å². The van der Waals surface area contributed by atoms with E-state index < -0.39 is 0 Å². The molecule has 0 aliphatic carbocycles. The number of rotatable bonds is 9. The van der Waals surface area contributed by atoms with Gasteiger partial charge in [0.2, 0.25) is 5.95 Å². The number of nitrogens with one attached hydrogen (secondary N) is 1. The van der Waals surface area contributed by atoms with Gasteiger partial charge in [-0.2, -0.15) is 20.4 Å². The van der Waals surface area contributed by atoms with Crippen LogP contribution < -0.4 is 10.2 Å². The zero-order valence-electron chi connectivity index (χ0n) is 18.5. The molecule has 4 aromatic heterocycles. The fourth-order valence-corrected chi connectivity index (χ4v) is 4.23. The SMILES string of the molecule is CCc1cnn(C2(CC#N)CN(c3cccn4nc(Nc5cnn(CCCO)c5)nc34)C2)c1. The summed E-state index contributed by atoms with van der Waals surface area (Å²) in [5.41, 5.74) is 3.33. The number of aromatic nitrogens is 7. The van der Waals surface area contributed by atoms with Crippen molar-refractivity contribution < 1.29 is 5.11 Å². The van der Waals surface area contributed by atoms with Gasteiger partial charge in [0.1, 0.15) is 5.54 Å². The van der Waals surface area contributed by atoms with Crippen LogP contribution in [0, 0.1) is 11.3 Å². The second-order valence-electron chi connectivity index (χ2n) is 8.35. The van der Waals surface area contributed by atoms with E-state index in [1.165, 1.54) is 5.56 Å². The zero-order chi connectivity index (χ0) is 22.8. The molecule has 0 amide bonds. The van der Waals surface area contributed by atoms with Crippen molar-refractivity contribution in [1.29, 1.82) is 5.26 Å². The van der Waals surface area contributed by atoms with Crippen molar-refractivity contribution in [2.75, 3.05) is 29.9 Å². The summed E-state index contributed by atoms with van der Waals surface area (Å²) in [5.74, 6) is 0.479. The Morgan fingerprint density at radius 3 is 2.88 bits per heavy atom. The largest absolute Gasteiger partial charge is 0.396 e. The van der Waals surface area contributed by atoms with Crippen molar-refractivity contribution in [3.8, 4) is 6.07 Å². The molecule has 1 saturated heterocycles. The Labute approximate surface area is 190 Å². The molecule has 1 fully saturated rings. The normalized spacial score (nSPS) is 14.9. The Bertz CT molecular complexity index is 1290. The Hall–Kier alpha value is -3.91. The third kappa shape index (κ3) is 3.89. The molecule has 0 spiro atoms. The molecule has 1 aliphatic heterocycles. The van der Waals surface area contributed by atoms with Crippen molar-refractivity contribution in [2.45, 2.75) is 38.3 Å². The molecule has 4 aromatic rings. The molecule has 0 bridgehead atoms. The molecule has 1 aliphatic rings. The Morgan fingerprint density at radius 1 is 1.24 bits per heavy atom. The number of pyridine rings is 1. The maximum Gasteiger partial charge on any atom is 0.247 e. The van der Waals surface area contributed by atoms with Crippen LogP contribution in [-0.2, 0) is 18.5 Å². The van der Waals surface area contributed by atoms with E-state index in [-0.39, 0.29) is 12.1 Å². The van der Waals surface area contributed by atoms with Crippen LogP contribution in [0.3, 0.4) is 0 Å². The van der Waals surface area contributed by atoms with Gasteiger partial charge in [0, 0.05) is 44.8 Å². The Kier molecular flexibility index (Phi) is 5.43. The minimum Gasteiger partial charge on any atom is -0.396 e. The highest BCUT2D eigenvalue weighted by molar-refractivity contribution is 5.72. The molecule has 170 valence electrons. The summed E-state index contributed by atoms with van der Waals surface area (Å²) in [6, 6.07) is 6.31. The maximum absolute atomic E-state index is 9.45. The van der Waals surface area contributed by atoms with Gasteiger partial charge in [0.25, 0.3) is 0 Å². The van der Waals surface area contributed by atoms with E-state index in [0.29, 0.717) is 38.4 Å². The van der Waals surface area contributed by atoms with Crippen molar-refractivity contribution in [2.24, 2.45) is 0 Å². The lowest BCUT2D eigenvalue weighted by Gasteiger charge is -2.50. The minimum atomic E-state index is -0.334. The molecule has 33 heavy (non-hydrogen) atoms. The van der Waals surface area contributed by atoms with Crippen molar-refractivity contribution >= 4 is 23.0 Å². The maximum atomic E-state index is 9.45. The molecule has 11 heteroatoms. The predicted octanol–water partition coefficient (Wildman–Crippen LogP) is 1.94.